The Kier molecular flexibility index (Phi) is 4.29. The minimum Gasteiger partial charge on any atom is -0.351 e. The van der Waals surface area contributed by atoms with E-state index in [9.17, 15) is 4.79 Å². The molecule has 0 unspecified atom stereocenters. The number of thioether (sulfide) groups is 1. The number of benzene rings is 1. The third kappa shape index (κ3) is 3.21. The molecule has 3 rings (SSSR count). The SMILES string of the molecule is Cn1cccc1C=C1SC(=Nc2ccc(Cl)c(Cl)c2)NC1=O. The predicted octanol–water partition coefficient (Wildman–Crippen LogP) is 4.22. The van der Waals surface area contributed by atoms with E-state index in [1.54, 1.807) is 18.2 Å². The summed E-state index contributed by atoms with van der Waals surface area (Å²) >= 11 is 13.1. The Labute approximate surface area is 141 Å². The van der Waals surface area contributed by atoms with Crippen molar-refractivity contribution in [3.63, 3.8) is 0 Å². The van der Waals surface area contributed by atoms with Crippen molar-refractivity contribution in [3.05, 3.63) is 57.2 Å². The van der Waals surface area contributed by atoms with Gasteiger partial charge in [0.05, 0.1) is 20.6 Å². The van der Waals surface area contributed by atoms with Crippen LogP contribution in [0.1, 0.15) is 5.69 Å². The van der Waals surface area contributed by atoms with Crippen molar-refractivity contribution < 1.29 is 4.79 Å². The Morgan fingerprint density at radius 2 is 2.09 bits per heavy atom. The van der Waals surface area contributed by atoms with Crippen molar-refractivity contribution in [3.8, 4) is 0 Å². The first-order valence-electron chi connectivity index (χ1n) is 6.39. The lowest BCUT2D eigenvalue weighted by atomic mass is 10.3. The number of aromatic nitrogens is 1. The number of halogens is 2. The van der Waals surface area contributed by atoms with Gasteiger partial charge in [-0.05, 0) is 48.2 Å². The van der Waals surface area contributed by atoms with E-state index in [0.717, 1.165) is 5.69 Å². The minimum atomic E-state index is -0.162. The molecular formula is C15H11Cl2N3OS. The van der Waals surface area contributed by atoms with Crippen molar-refractivity contribution in [1.29, 1.82) is 0 Å². The zero-order chi connectivity index (χ0) is 15.7. The van der Waals surface area contributed by atoms with Gasteiger partial charge in [0, 0.05) is 18.9 Å². The minimum absolute atomic E-state index is 0.162. The van der Waals surface area contributed by atoms with E-state index in [2.05, 4.69) is 10.3 Å². The number of carbonyl (C=O) groups is 1. The van der Waals surface area contributed by atoms with E-state index in [1.807, 2.05) is 36.0 Å². The molecule has 0 aliphatic carbocycles. The lowest BCUT2D eigenvalue weighted by Gasteiger charge is -1.99. The van der Waals surface area contributed by atoms with Crippen LogP contribution in [0.15, 0.2) is 46.4 Å². The summed E-state index contributed by atoms with van der Waals surface area (Å²) in [4.78, 5) is 17.0. The second kappa shape index (κ2) is 6.20. The van der Waals surface area contributed by atoms with Crippen LogP contribution in [0, 0.1) is 0 Å². The van der Waals surface area contributed by atoms with Crippen LogP contribution < -0.4 is 5.32 Å². The van der Waals surface area contributed by atoms with Crippen LogP contribution in [0.25, 0.3) is 6.08 Å². The summed E-state index contributed by atoms with van der Waals surface area (Å²) in [7, 11) is 1.93. The number of hydrogen-bond acceptors (Lipinski definition) is 3. The summed E-state index contributed by atoms with van der Waals surface area (Å²) < 4.78 is 1.94. The van der Waals surface area contributed by atoms with E-state index < -0.39 is 0 Å². The second-order valence-electron chi connectivity index (χ2n) is 4.62. The molecule has 1 aliphatic rings. The molecule has 1 aliphatic heterocycles. The van der Waals surface area contributed by atoms with Crippen LogP contribution >= 0.6 is 35.0 Å². The average Bonchev–Trinajstić information content (AvgIpc) is 3.02. The van der Waals surface area contributed by atoms with Crippen LogP contribution in [-0.4, -0.2) is 15.6 Å². The lowest BCUT2D eigenvalue weighted by molar-refractivity contribution is -0.115. The van der Waals surface area contributed by atoms with Gasteiger partial charge in [-0.25, -0.2) is 4.99 Å². The van der Waals surface area contributed by atoms with Crippen LogP contribution in [0.5, 0.6) is 0 Å². The van der Waals surface area contributed by atoms with Crippen molar-refractivity contribution >= 4 is 57.8 Å². The van der Waals surface area contributed by atoms with Crippen molar-refractivity contribution in [2.45, 2.75) is 0 Å². The van der Waals surface area contributed by atoms with Crippen LogP contribution in [-0.2, 0) is 11.8 Å². The predicted molar refractivity (Wildman–Crippen MR) is 92.7 cm³/mol. The Bertz CT molecular complexity index is 811. The number of rotatable bonds is 2. The van der Waals surface area contributed by atoms with Gasteiger partial charge in [-0.2, -0.15) is 0 Å². The normalized spacial score (nSPS) is 18.2. The molecule has 112 valence electrons. The highest BCUT2D eigenvalue weighted by atomic mass is 35.5. The highest BCUT2D eigenvalue weighted by Crippen LogP contribution is 2.30. The topological polar surface area (TPSA) is 46.4 Å². The van der Waals surface area contributed by atoms with Crippen LogP contribution in [0.3, 0.4) is 0 Å². The van der Waals surface area contributed by atoms with Gasteiger partial charge in [0.1, 0.15) is 0 Å². The molecule has 2 aromatic rings. The first-order chi connectivity index (χ1) is 10.5. The largest absolute Gasteiger partial charge is 0.351 e. The summed E-state index contributed by atoms with van der Waals surface area (Å²) in [5.41, 5.74) is 1.59. The highest BCUT2D eigenvalue weighted by molar-refractivity contribution is 8.18. The van der Waals surface area contributed by atoms with E-state index in [0.29, 0.717) is 25.8 Å². The van der Waals surface area contributed by atoms with Crippen molar-refractivity contribution in [1.82, 2.24) is 9.88 Å². The van der Waals surface area contributed by atoms with Crippen molar-refractivity contribution in [2.75, 3.05) is 0 Å². The van der Waals surface area contributed by atoms with Gasteiger partial charge in [-0.1, -0.05) is 23.2 Å². The molecule has 0 spiro atoms. The van der Waals surface area contributed by atoms with Gasteiger partial charge in [0.2, 0.25) is 0 Å². The number of hydrogen-bond donors (Lipinski definition) is 1. The molecule has 22 heavy (non-hydrogen) atoms. The third-order valence-electron chi connectivity index (χ3n) is 3.05. The average molecular weight is 352 g/mol. The molecule has 1 aromatic carbocycles. The number of nitrogens with one attached hydrogen (secondary N) is 1. The first-order valence-corrected chi connectivity index (χ1v) is 7.96. The maximum atomic E-state index is 12.0. The summed E-state index contributed by atoms with van der Waals surface area (Å²) in [5, 5.41) is 4.15. The number of aliphatic imine (C=N–C) groups is 1. The monoisotopic (exact) mass is 351 g/mol. The third-order valence-corrected chi connectivity index (χ3v) is 4.70. The number of amides is 1. The second-order valence-corrected chi connectivity index (χ2v) is 6.47. The van der Waals surface area contributed by atoms with Crippen LogP contribution in [0.2, 0.25) is 10.0 Å². The van der Waals surface area contributed by atoms with Gasteiger partial charge in [0.25, 0.3) is 5.91 Å². The van der Waals surface area contributed by atoms with E-state index in [-0.39, 0.29) is 5.91 Å². The quantitative estimate of drug-likeness (QED) is 0.823. The Hall–Kier alpha value is -1.69. The Morgan fingerprint density at radius 1 is 1.27 bits per heavy atom. The molecule has 0 saturated carbocycles. The molecule has 7 heteroatoms. The Morgan fingerprint density at radius 3 is 2.77 bits per heavy atom. The fraction of sp³-hybridized carbons (Fsp3) is 0.0667. The fourth-order valence-electron chi connectivity index (χ4n) is 1.91. The molecule has 2 heterocycles. The zero-order valence-corrected chi connectivity index (χ0v) is 13.8. The van der Waals surface area contributed by atoms with Crippen LogP contribution in [0.4, 0.5) is 5.69 Å². The summed E-state index contributed by atoms with van der Waals surface area (Å²) in [6, 6.07) is 8.93. The van der Waals surface area contributed by atoms with Gasteiger partial charge in [-0.3, -0.25) is 4.79 Å². The van der Waals surface area contributed by atoms with Gasteiger partial charge in [-0.15, -0.1) is 0 Å². The van der Waals surface area contributed by atoms with E-state index in [4.69, 9.17) is 23.2 Å². The molecule has 1 N–H and O–H groups in total. The maximum absolute atomic E-state index is 12.0. The Balaban J connectivity index is 1.85. The molecule has 1 amide bonds. The van der Waals surface area contributed by atoms with E-state index >= 15 is 0 Å². The molecule has 0 radical (unpaired) electrons. The molecule has 4 nitrogen and oxygen atoms in total. The lowest BCUT2D eigenvalue weighted by Crippen LogP contribution is -2.19. The smallest absolute Gasteiger partial charge is 0.264 e. The van der Waals surface area contributed by atoms with Gasteiger partial charge in [0.15, 0.2) is 5.17 Å². The molecule has 1 aromatic heterocycles. The van der Waals surface area contributed by atoms with Gasteiger partial charge >= 0.3 is 0 Å². The summed E-state index contributed by atoms with van der Waals surface area (Å²) in [6.07, 6.45) is 3.76. The number of carbonyl (C=O) groups excluding carboxylic acids is 1. The molecule has 1 fully saturated rings. The molecule has 0 atom stereocenters. The highest BCUT2D eigenvalue weighted by Gasteiger charge is 2.24. The van der Waals surface area contributed by atoms with Gasteiger partial charge < -0.3 is 9.88 Å². The van der Waals surface area contributed by atoms with E-state index in [1.165, 1.54) is 11.8 Å². The standard InChI is InChI=1S/C15H11Cl2N3OS/c1-20-6-2-3-10(20)8-13-14(21)19-15(22-13)18-9-4-5-11(16)12(17)7-9/h2-8H,1H3,(H,18,19,21). The number of nitrogens with zero attached hydrogens (tertiary/aromatic N) is 2. The summed E-state index contributed by atoms with van der Waals surface area (Å²) in [5.74, 6) is -0.162. The number of aryl methyl sites for hydroxylation is 1. The number of amidine groups is 1. The molecular weight excluding hydrogens is 341 g/mol. The van der Waals surface area contributed by atoms with Crippen molar-refractivity contribution in [2.24, 2.45) is 12.0 Å². The first kappa shape index (κ1) is 15.2. The fourth-order valence-corrected chi connectivity index (χ4v) is 3.03. The summed E-state index contributed by atoms with van der Waals surface area (Å²) in [6.45, 7) is 0. The molecule has 0 bridgehead atoms. The zero-order valence-electron chi connectivity index (χ0n) is 11.5. The molecule has 1 saturated heterocycles. The maximum Gasteiger partial charge on any atom is 0.264 e.